The average Bonchev–Trinajstić information content (AvgIpc) is 2.33. The molecule has 0 aromatic heterocycles. The van der Waals surface area contributed by atoms with E-state index in [1.807, 2.05) is 6.92 Å². The molecule has 1 N–H and O–H groups in total. The van der Waals surface area contributed by atoms with Crippen LogP contribution in [0.5, 0.6) is 0 Å². The van der Waals surface area contributed by atoms with E-state index in [2.05, 4.69) is 11.2 Å². The second-order valence-electron chi connectivity index (χ2n) is 6.85. The first-order valence-electron chi connectivity index (χ1n) is 7.64. The summed E-state index contributed by atoms with van der Waals surface area (Å²) in [6.45, 7) is 3.08. The van der Waals surface area contributed by atoms with Crippen molar-refractivity contribution in [3.05, 3.63) is 0 Å². The third-order valence-corrected chi connectivity index (χ3v) is 5.36. The maximum Gasteiger partial charge on any atom is 0.318 e. The van der Waals surface area contributed by atoms with Gasteiger partial charge in [0.15, 0.2) is 0 Å². The molecule has 4 saturated carbocycles. The number of carbonyl (C=O) groups excluding carboxylic acids is 1. The Hall–Kier alpha value is -1.17. The van der Waals surface area contributed by atoms with Crippen LogP contribution in [-0.2, 0) is 0 Å². The molecule has 0 aromatic carbocycles. The van der Waals surface area contributed by atoms with Crippen LogP contribution in [0.2, 0.25) is 0 Å². The van der Waals surface area contributed by atoms with Crippen molar-refractivity contribution >= 4 is 6.03 Å². The predicted octanol–water partition coefficient (Wildman–Crippen LogP) is 2.62. The molecule has 4 aliphatic rings. The Kier molecular flexibility index (Phi) is 3.20. The van der Waals surface area contributed by atoms with E-state index in [9.17, 15) is 4.79 Å². The molecule has 2 amide bonds. The summed E-state index contributed by atoms with van der Waals surface area (Å²) in [4.78, 5) is 14.1. The molecule has 0 spiro atoms. The van der Waals surface area contributed by atoms with Crippen molar-refractivity contribution in [2.45, 2.75) is 51.0 Å². The van der Waals surface area contributed by atoms with Gasteiger partial charge in [-0.2, -0.15) is 0 Å². The van der Waals surface area contributed by atoms with Crippen LogP contribution in [0.4, 0.5) is 4.79 Å². The lowest BCUT2D eigenvalue weighted by Gasteiger charge is -2.57. The summed E-state index contributed by atoms with van der Waals surface area (Å²) < 4.78 is 0. The Morgan fingerprint density at radius 3 is 2.21 bits per heavy atom. The highest BCUT2D eigenvalue weighted by Crippen LogP contribution is 2.55. The zero-order valence-electron chi connectivity index (χ0n) is 11.8. The van der Waals surface area contributed by atoms with E-state index in [4.69, 9.17) is 6.42 Å². The third-order valence-electron chi connectivity index (χ3n) is 5.36. The van der Waals surface area contributed by atoms with E-state index in [0.717, 1.165) is 17.8 Å². The summed E-state index contributed by atoms with van der Waals surface area (Å²) in [5.74, 6) is 5.14. The first-order chi connectivity index (χ1) is 9.14. The van der Waals surface area contributed by atoms with Gasteiger partial charge in [-0.15, -0.1) is 6.42 Å². The van der Waals surface area contributed by atoms with Crippen LogP contribution < -0.4 is 5.32 Å². The minimum Gasteiger partial charge on any atom is -0.333 e. The van der Waals surface area contributed by atoms with E-state index in [-0.39, 0.29) is 11.6 Å². The fourth-order valence-corrected chi connectivity index (χ4v) is 5.01. The number of carbonyl (C=O) groups is 1. The van der Waals surface area contributed by atoms with Crippen molar-refractivity contribution in [1.82, 2.24) is 10.2 Å². The molecule has 0 aromatic rings. The lowest BCUT2D eigenvalue weighted by atomic mass is 9.53. The smallest absolute Gasteiger partial charge is 0.318 e. The molecule has 4 rings (SSSR count). The van der Waals surface area contributed by atoms with Crippen molar-refractivity contribution in [3.63, 3.8) is 0 Å². The number of hydrogen-bond donors (Lipinski definition) is 1. The lowest BCUT2D eigenvalue weighted by molar-refractivity contribution is -0.0154. The van der Waals surface area contributed by atoms with Crippen LogP contribution in [0.15, 0.2) is 0 Å². The molecule has 4 bridgehead atoms. The van der Waals surface area contributed by atoms with Gasteiger partial charge in [-0.05, 0) is 63.2 Å². The zero-order chi connectivity index (χ0) is 13.5. The number of hydrogen-bond acceptors (Lipinski definition) is 1. The maximum atomic E-state index is 12.4. The van der Waals surface area contributed by atoms with Gasteiger partial charge in [0.05, 0.1) is 6.54 Å². The van der Waals surface area contributed by atoms with Crippen molar-refractivity contribution in [3.8, 4) is 12.3 Å². The molecule has 0 unspecified atom stereocenters. The summed E-state index contributed by atoms with van der Waals surface area (Å²) in [6.07, 6.45) is 13.1. The van der Waals surface area contributed by atoms with Gasteiger partial charge in [-0.3, -0.25) is 0 Å². The zero-order valence-corrected chi connectivity index (χ0v) is 11.8. The van der Waals surface area contributed by atoms with E-state index in [1.54, 1.807) is 4.90 Å². The number of urea groups is 1. The Bertz CT molecular complexity index is 374. The summed E-state index contributed by atoms with van der Waals surface area (Å²) >= 11 is 0. The van der Waals surface area contributed by atoms with E-state index < -0.39 is 0 Å². The normalized spacial score (nSPS) is 38.8. The fourth-order valence-electron chi connectivity index (χ4n) is 5.01. The number of amides is 2. The minimum atomic E-state index is 0.0439. The number of nitrogens with zero attached hydrogens (tertiary/aromatic N) is 1. The highest BCUT2D eigenvalue weighted by molar-refractivity contribution is 5.75. The Morgan fingerprint density at radius 1 is 1.26 bits per heavy atom. The molecular weight excluding hydrogens is 236 g/mol. The molecule has 0 heterocycles. The van der Waals surface area contributed by atoms with Crippen molar-refractivity contribution in [1.29, 1.82) is 0 Å². The van der Waals surface area contributed by atoms with Gasteiger partial charge in [-0.25, -0.2) is 4.79 Å². The summed E-state index contributed by atoms with van der Waals surface area (Å²) in [6, 6.07) is 0.0439. The number of nitrogens with one attached hydrogen (secondary N) is 1. The monoisotopic (exact) mass is 260 g/mol. The Labute approximate surface area is 116 Å². The molecular formula is C16H24N2O. The second-order valence-corrected chi connectivity index (χ2v) is 6.85. The van der Waals surface area contributed by atoms with Gasteiger partial charge < -0.3 is 10.2 Å². The highest BCUT2D eigenvalue weighted by atomic mass is 16.2. The Balaban J connectivity index is 1.69. The molecule has 0 radical (unpaired) electrons. The van der Waals surface area contributed by atoms with Gasteiger partial charge in [0.1, 0.15) is 0 Å². The van der Waals surface area contributed by atoms with Gasteiger partial charge in [0, 0.05) is 12.1 Å². The van der Waals surface area contributed by atoms with Gasteiger partial charge in [-0.1, -0.05) is 5.92 Å². The van der Waals surface area contributed by atoms with E-state index in [0.29, 0.717) is 13.1 Å². The van der Waals surface area contributed by atoms with Crippen LogP contribution >= 0.6 is 0 Å². The summed E-state index contributed by atoms with van der Waals surface area (Å²) in [5, 5.41) is 3.35. The van der Waals surface area contributed by atoms with Crippen LogP contribution in [-0.4, -0.2) is 29.6 Å². The molecule has 4 fully saturated rings. The van der Waals surface area contributed by atoms with Gasteiger partial charge in [0.2, 0.25) is 0 Å². The van der Waals surface area contributed by atoms with Crippen LogP contribution in [0.3, 0.4) is 0 Å². The van der Waals surface area contributed by atoms with Crippen molar-refractivity contribution < 1.29 is 4.79 Å². The SMILES string of the molecule is C#CCN(CC)C(=O)NC12CC3CC(CC(C3)C1)C2. The highest BCUT2D eigenvalue weighted by Gasteiger charge is 2.51. The molecule has 19 heavy (non-hydrogen) atoms. The lowest BCUT2D eigenvalue weighted by Crippen LogP contribution is -2.61. The van der Waals surface area contributed by atoms with Crippen LogP contribution in [0, 0.1) is 30.1 Å². The molecule has 0 saturated heterocycles. The first kappa shape index (κ1) is 12.8. The molecule has 0 aliphatic heterocycles. The van der Waals surface area contributed by atoms with E-state index >= 15 is 0 Å². The molecule has 3 nitrogen and oxygen atoms in total. The molecule has 104 valence electrons. The van der Waals surface area contributed by atoms with Crippen molar-refractivity contribution in [2.75, 3.05) is 13.1 Å². The van der Waals surface area contributed by atoms with Crippen LogP contribution in [0.25, 0.3) is 0 Å². The molecule has 0 atom stereocenters. The van der Waals surface area contributed by atoms with Crippen LogP contribution in [0.1, 0.15) is 45.4 Å². The first-order valence-corrected chi connectivity index (χ1v) is 7.64. The topological polar surface area (TPSA) is 32.3 Å². The largest absolute Gasteiger partial charge is 0.333 e. The quantitative estimate of drug-likeness (QED) is 0.777. The van der Waals surface area contributed by atoms with Crippen molar-refractivity contribution in [2.24, 2.45) is 17.8 Å². The molecule has 4 aliphatic carbocycles. The second kappa shape index (κ2) is 4.74. The average molecular weight is 260 g/mol. The Morgan fingerprint density at radius 2 is 1.79 bits per heavy atom. The molecule has 3 heteroatoms. The summed E-state index contributed by atoms with van der Waals surface area (Å²) in [7, 11) is 0. The van der Waals surface area contributed by atoms with E-state index in [1.165, 1.54) is 38.5 Å². The van der Waals surface area contributed by atoms with Gasteiger partial charge in [0.25, 0.3) is 0 Å². The summed E-state index contributed by atoms with van der Waals surface area (Å²) in [5.41, 5.74) is 0.0911. The minimum absolute atomic E-state index is 0.0439. The maximum absolute atomic E-state index is 12.4. The third kappa shape index (κ3) is 2.33. The number of rotatable bonds is 3. The standard InChI is InChI=1S/C16H24N2O/c1-3-5-18(4-2)15(19)17-16-9-12-6-13(10-16)8-14(7-12)11-16/h1,12-14H,4-11H2,2H3,(H,17,19). The predicted molar refractivity (Wildman–Crippen MR) is 75.5 cm³/mol. The number of terminal acetylenes is 1. The fraction of sp³-hybridized carbons (Fsp3) is 0.812. The van der Waals surface area contributed by atoms with Gasteiger partial charge >= 0.3 is 6.03 Å².